The Morgan fingerprint density at radius 1 is 1.28 bits per heavy atom. The van der Waals surface area contributed by atoms with E-state index < -0.39 is 0 Å². The van der Waals surface area contributed by atoms with Crippen LogP contribution in [0.4, 0.5) is 5.69 Å². The molecular formula is C18H21N3O3S. The largest absolute Gasteiger partial charge is 0.378 e. The predicted molar refractivity (Wildman–Crippen MR) is 97.0 cm³/mol. The van der Waals surface area contributed by atoms with E-state index in [1.807, 2.05) is 4.90 Å². The molecule has 2 amide bonds. The van der Waals surface area contributed by atoms with Gasteiger partial charge >= 0.3 is 0 Å². The molecule has 132 valence electrons. The van der Waals surface area contributed by atoms with Crippen molar-refractivity contribution in [1.82, 2.24) is 9.88 Å². The Kier molecular flexibility index (Phi) is 5.78. The lowest BCUT2D eigenvalue weighted by Crippen LogP contribution is -2.35. The highest BCUT2D eigenvalue weighted by atomic mass is 32.1. The van der Waals surface area contributed by atoms with Crippen LogP contribution in [0.3, 0.4) is 0 Å². The molecule has 1 saturated heterocycles. The van der Waals surface area contributed by atoms with E-state index in [-0.39, 0.29) is 11.8 Å². The number of ether oxygens (including phenoxy) is 1. The number of nitrogens with one attached hydrogen (secondary N) is 1. The number of benzene rings is 1. The summed E-state index contributed by atoms with van der Waals surface area (Å²) >= 11 is 1.38. The van der Waals surface area contributed by atoms with Gasteiger partial charge in [0.15, 0.2) is 0 Å². The number of nitrogens with zero attached hydrogens (tertiary/aromatic N) is 2. The van der Waals surface area contributed by atoms with Crippen LogP contribution in [0.25, 0.3) is 0 Å². The van der Waals surface area contributed by atoms with Crippen LogP contribution >= 0.6 is 11.3 Å². The zero-order chi connectivity index (χ0) is 17.6. The van der Waals surface area contributed by atoms with Crippen molar-refractivity contribution >= 4 is 28.8 Å². The van der Waals surface area contributed by atoms with Gasteiger partial charge < -0.3 is 15.0 Å². The van der Waals surface area contributed by atoms with E-state index in [4.69, 9.17) is 4.74 Å². The smallest absolute Gasteiger partial charge is 0.275 e. The van der Waals surface area contributed by atoms with Gasteiger partial charge in [0.2, 0.25) is 0 Å². The number of aromatic nitrogens is 1. The second kappa shape index (κ2) is 8.22. The molecule has 1 aliphatic rings. The third kappa shape index (κ3) is 4.43. The Morgan fingerprint density at radius 2 is 2.08 bits per heavy atom. The molecule has 1 N–H and O–H groups in total. The average molecular weight is 359 g/mol. The number of methoxy groups -OCH3 is 1. The van der Waals surface area contributed by atoms with E-state index in [0.717, 1.165) is 30.9 Å². The van der Waals surface area contributed by atoms with E-state index in [1.165, 1.54) is 17.8 Å². The molecule has 0 bridgehead atoms. The zero-order valence-electron chi connectivity index (χ0n) is 14.2. The maximum absolute atomic E-state index is 12.6. The number of thiazole rings is 1. The molecule has 2 aromatic rings. The minimum Gasteiger partial charge on any atom is -0.378 e. The fourth-order valence-electron chi connectivity index (χ4n) is 2.81. The first-order valence-corrected chi connectivity index (χ1v) is 9.19. The number of likely N-dealkylation sites (tertiary alicyclic amines) is 1. The molecule has 1 aromatic heterocycles. The van der Waals surface area contributed by atoms with Crippen LogP contribution in [0, 0.1) is 0 Å². The SMILES string of the molecule is COCc1nc(C(=O)Nc2cccc(C(=O)N3CCCCC3)c2)cs1. The topological polar surface area (TPSA) is 71.5 Å². The molecule has 1 fully saturated rings. The van der Waals surface area contributed by atoms with Crippen LogP contribution in [0.15, 0.2) is 29.6 Å². The van der Waals surface area contributed by atoms with Crippen LogP contribution in [-0.2, 0) is 11.3 Å². The number of hydrogen-bond donors (Lipinski definition) is 1. The number of rotatable bonds is 5. The molecule has 1 aliphatic heterocycles. The number of carbonyl (C=O) groups is 2. The van der Waals surface area contributed by atoms with Crippen molar-refractivity contribution in [2.45, 2.75) is 25.9 Å². The van der Waals surface area contributed by atoms with Gasteiger partial charge in [0, 0.05) is 36.8 Å². The molecule has 1 aromatic carbocycles. The van der Waals surface area contributed by atoms with Crippen molar-refractivity contribution in [2.75, 3.05) is 25.5 Å². The quantitative estimate of drug-likeness (QED) is 0.890. The van der Waals surface area contributed by atoms with Gasteiger partial charge in [-0.1, -0.05) is 6.07 Å². The van der Waals surface area contributed by atoms with Crippen molar-refractivity contribution in [3.05, 3.63) is 45.9 Å². The fourth-order valence-corrected chi connectivity index (χ4v) is 3.55. The van der Waals surface area contributed by atoms with Crippen molar-refractivity contribution in [3.8, 4) is 0 Å². The third-order valence-electron chi connectivity index (χ3n) is 4.06. The van der Waals surface area contributed by atoms with E-state index >= 15 is 0 Å². The number of hydrogen-bond acceptors (Lipinski definition) is 5. The molecule has 6 nitrogen and oxygen atoms in total. The van der Waals surface area contributed by atoms with E-state index in [9.17, 15) is 9.59 Å². The summed E-state index contributed by atoms with van der Waals surface area (Å²) in [5.41, 5.74) is 1.54. The molecule has 0 saturated carbocycles. The maximum atomic E-state index is 12.6. The molecule has 25 heavy (non-hydrogen) atoms. The van der Waals surface area contributed by atoms with Crippen LogP contribution in [-0.4, -0.2) is 41.9 Å². The normalized spacial score (nSPS) is 14.4. The molecule has 0 spiro atoms. The Bertz CT molecular complexity index is 754. The van der Waals surface area contributed by atoms with Gasteiger partial charge in [-0.05, 0) is 37.5 Å². The summed E-state index contributed by atoms with van der Waals surface area (Å²) in [6, 6.07) is 7.06. The molecule has 0 unspecified atom stereocenters. The summed E-state index contributed by atoms with van der Waals surface area (Å²) < 4.78 is 5.01. The molecule has 0 radical (unpaired) electrons. The Hall–Kier alpha value is -2.25. The van der Waals surface area contributed by atoms with Gasteiger partial charge in [-0.3, -0.25) is 9.59 Å². The fraction of sp³-hybridized carbons (Fsp3) is 0.389. The number of piperidine rings is 1. The maximum Gasteiger partial charge on any atom is 0.275 e. The molecule has 0 atom stereocenters. The second-order valence-electron chi connectivity index (χ2n) is 5.95. The van der Waals surface area contributed by atoms with E-state index in [2.05, 4.69) is 10.3 Å². The van der Waals surface area contributed by atoms with Crippen LogP contribution in [0.1, 0.15) is 45.1 Å². The van der Waals surface area contributed by atoms with Crippen molar-refractivity contribution < 1.29 is 14.3 Å². The van der Waals surface area contributed by atoms with Gasteiger partial charge in [-0.15, -0.1) is 11.3 Å². The van der Waals surface area contributed by atoms with Gasteiger partial charge in [-0.2, -0.15) is 0 Å². The standard InChI is InChI=1S/C18H21N3O3S/c1-24-11-16-20-15(12-25-16)17(22)19-14-7-5-6-13(10-14)18(23)21-8-3-2-4-9-21/h5-7,10,12H,2-4,8-9,11H2,1H3,(H,19,22). The van der Waals surface area contributed by atoms with Gasteiger partial charge in [0.05, 0.1) is 6.61 Å². The monoisotopic (exact) mass is 359 g/mol. The Morgan fingerprint density at radius 3 is 2.84 bits per heavy atom. The number of anilines is 1. The van der Waals surface area contributed by atoms with E-state index in [1.54, 1.807) is 36.8 Å². The highest BCUT2D eigenvalue weighted by molar-refractivity contribution is 7.09. The molecule has 2 heterocycles. The average Bonchev–Trinajstić information content (AvgIpc) is 3.11. The molecule has 0 aliphatic carbocycles. The number of amides is 2. The van der Waals surface area contributed by atoms with Gasteiger partial charge in [-0.25, -0.2) is 4.98 Å². The molecular weight excluding hydrogens is 338 g/mol. The summed E-state index contributed by atoms with van der Waals surface area (Å²) in [7, 11) is 1.59. The minimum absolute atomic E-state index is 0.0202. The van der Waals surface area contributed by atoms with Crippen molar-refractivity contribution in [2.24, 2.45) is 0 Å². The van der Waals surface area contributed by atoms with Gasteiger partial charge in [0.25, 0.3) is 11.8 Å². The lowest BCUT2D eigenvalue weighted by molar-refractivity contribution is 0.0724. The summed E-state index contributed by atoms with van der Waals surface area (Å²) in [5, 5.41) is 5.26. The van der Waals surface area contributed by atoms with E-state index in [0.29, 0.717) is 23.6 Å². The first-order chi connectivity index (χ1) is 12.2. The molecule has 7 heteroatoms. The lowest BCUT2D eigenvalue weighted by Gasteiger charge is -2.26. The van der Waals surface area contributed by atoms with Crippen LogP contribution < -0.4 is 5.32 Å². The van der Waals surface area contributed by atoms with Crippen molar-refractivity contribution in [1.29, 1.82) is 0 Å². The lowest BCUT2D eigenvalue weighted by atomic mass is 10.1. The third-order valence-corrected chi connectivity index (χ3v) is 4.89. The summed E-state index contributed by atoms with van der Waals surface area (Å²) in [6.07, 6.45) is 3.28. The highest BCUT2D eigenvalue weighted by Crippen LogP contribution is 2.18. The summed E-state index contributed by atoms with van der Waals surface area (Å²) in [5.74, 6) is -0.270. The Balaban J connectivity index is 1.68. The summed E-state index contributed by atoms with van der Waals surface area (Å²) in [4.78, 5) is 31.0. The molecule has 3 rings (SSSR count). The van der Waals surface area contributed by atoms with Crippen LogP contribution in [0.5, 0.6) is 0 Å². The van der Waals surface area contributed by atoms with Gasteiger partial charge in [0.1, 0.15) is 10.7 Å². The number of carbonyl (C=O) groups excluding carboxylic acids is 2. The highest BCUT2D eigenvalue weighted by Gasteiger charge is 2.19. The second-order valence-corrected chi connectivity index (χ2v) is 6.89. The first kappa shape index (κ1) is 17.6. The Labute approximate surface area is 150 Å². The van der Waals surface area contributed by atoms with Crippen molar-refractivity contribution in [3.63, 3.8) is 0 Å². The minimum atomic E-state index is -0.291. The predicted octanol–water partition coefficient (Wildman–Crippen LogP) is 3.17. The summed E-state index contributed by atoms with van der Waals surface area (Å²) in [6.45, 7) is 1.99. The van der Waals surface area contributed by atoms with Crippen LogP contribution in [0.2, 0.25) is 0 Å². The zero-order valence-corrected chi connectivity index (χ0v) is 15.0. The first-order valence-electron chi connectivity index (χ1n) is 8.31.